The highest BCUT2D eigenvalue weighted by Crippen LogP contribution is 2.44. The second-order valence-electron chi connectivity index (χ2n) is 9.47. The number of fused-ring (bicyclic) bond motifs is 1. The molecule has 1 saturated carbocycles. The lowest BCUT2D eigenvalue weighted by Gasteiger charge is -2.45. The standard InChI is InChI=1S/C21H38FN5O2/c1-12-8-17(23-2)26-21(24-12)25-16-10-14-5-7-29-20(14)18(19(16)22)13-4-6-27(3)11-15(28)9-13/h4,12,14-21,23-26,28H,5-11H2,1-3H3. The van der Waals surface area contributed by atoms with E-state index in [-0.39, 0.29) is 30.5 Å². The SMILES string of the molecule is CNC1CC(C)NC(NC2CC3CCOC3C(C3=CCN(C)CC(O)C3)C2F)N1. The summed E-state index contributed by atoms with van der Waals surface area (Å²) in [5, 5.41) is 24.2. The Morgan fingerprint density at radius 1 is 1.31 bits per heavy atom. The number of ether oxygens (including phenoxy) is 1. The Kier molecular flexibility index (Phi) is 6.90. The number of rotatable bonds is 4. The fourth-order valence-corrected chi connectivity index (χ4v) is 5.70. The van der Waals surface area contributed by atoms with E-state index in [9.17, 15) is 5.11 Å². The van der Waals surface area contributed by atoms with Crippen LogP contribution in [-0.2, 0) is 4.74 Å². The van der Waals surface area contributed by atoms with Crippen molar-refractivity contribution < 1.29 is 14.2 Å². The van der Waals surface area contributed by atoms with Gasteiger partial charge in [-0.1, -0.05) is 11.6 Å². The van der Waals surface area contributed by atoms with Crippen LogP contribution in [0.15, 0.2) is 11.6 Å². The molecule has 0 aromatic rings. The number of hydrogen-bond acceptors (Lipinski definition) is 7. The van der Waals surface area contributed by atoms with Crippen LogP contribution in [0.3, 0.4) is 0 Å². The molecule has 8 heteroatoms. The molecule has 5 N–H and O–H groups in total. The number of nitrogens with one attached hydrogen (secondary N) is 4. The summed E-state index contributed by atoms with van der Waals surface area (Å²) in [6, 6.07) is 0.108. The molecule has 0 spiro atoms. The molecule has 9 atom stereocenters. The van der Waals surface area contributed by atoms with Crippen LogP contribution in [0.5, 0.6) is 0 Å². The summed E-state index contributed by atoms with van der Waals surface area (Å²) < 4.78 is 22.0. The number of hydrogen-bond donors (Lipinski definition) is 5. The zero-order valence-corrected chi connectivity index (χ0v) is 17.9. The summed E-state index contributed by atoms with van der Waals surface area (Å²) in [7, 11) is 3.94. The van der Waals surface area contributed by atoms with Crippen molar-refractivity contribution in [3.63, 3.8) is 0 Å². The molecule has 0 aromatic heterocycles. The molecule has 4 aliphatic rings. The van der Waals surface area contributed by atoms with Crippen molar-refractivity contribution in [2.75, 3.05) is 33.8 Å². The lowest BCUT2D eigenvalue weighted by atomic mass is 9.70. The molecule has 3 aliphatic heterocycles. The Morgan fingerprint density at radius 3 is 2.93 bits per heavy atom. The Balaban J connectivity index is 1.51. The van der Waals surface area contributed by atoms with Gasteiger partial charge in [-0.05, 0) is 52.6 Å². The Hall–Kier alpha value is -0.610. The smallest absolute Gasteiger partial charge is 0.124 e. The second-order valence-corrected chi connectivity index (χ2v) is 9.47. The second kappa shape index (κ2) is 9.26. The summed E-state index contributed by atoms with van der Waals surface area (Å²) in [6.07, 6.45) is 3.95. The van der Waals surface area contributed by atoms with E-state index in [0.29, 0.717) is 31.5 Å². The highest BCUT2D eigenvalue weighted by atomic mass is 19.1. The molecular formula is C21H38FN5O2. The van der Waals surface area contributed by atoms with E-state index in [0.717, 1.165) is 31.4 Å². The molecule has 3 fully saturated rings. The van der Waals surface area contributed by atoms with Gasteiger partial charge >= 0.3 is 0 Å². The number of β-amino-alcohol motifs (C(OH)–C–C–N with tert-alkyl or cyclic N) is 1. The number of alkyl halides is 1. The molecule has 9 unspecified atom stereocenters. The first-order valence-electron chi connectivity index (χ1n) is 11.2. The predicted octanol–water partition coefficient (Wildman–Crippen LogP) is 0.131. The molecule has 0 radical (unpaired) electrons. The normalized spacial score (nSPS) is 46.8. The average Bonchev–Trinajstić information content (AvgIpc) is 3.06. The number of aliphatic hydroxyl groups is 1. The molecule has 0 amide bonds. The molecule has 0 bridgehead atoms. The van der Waals surface area contributed by atoms with Crippen molar-refractivity contribution in [2.24, 2.45) is 11.8 Å². The monoisotopic (exact) mass is 411 g/mol. The maximum atomic E-state index is 16.0. The third kappa shape index (κ3) is 4.84. The van der Waals surface area contributed by atoms with Crippen LogP contribution in [0.1, 0.15) is 32.6 Å². The van der Waals surface area contributed by atoms with Crippen molar-refractivity contribution in [1.29, 1.82) is 0 Å². The third-order valence-electron chi connectivity index (χ3n) is 7.13. The third-order valence-corrected chi connectivity index (χ3v) is 7.13. The van der Waals surface area contributed by atoms with Gasteiger partial charge in [-0.25, -0.2) is 4.39 Å². The molecule has 7 nitrogen and oxygen atoms in total. The Labute approximate surface area is 173 Å². The molecular weight excluding hydrogens is 373 g/mol. The van der Waals surface area contributed by atoms with E-state index < -0.39 is 12.3 Å². The van der Waals surface area contributed by atoms with Crippen LogP contribution in [0, 0.1) is 11.8 Å². The maximum Gasteiger partial charge on any atom is 0.124 e. The molecule has 29 heavy (non-hydrogen) atoms. The predicted molar refractivity (Wildman–Crippen MR) is 111 cm³/mol. The van der Waals surface area contributed by atoms with Crippen LogP contribution in [-0.4, -0.2) is 86.7 Å². The highest BCUT2D eigenvalue weighted by Gasteiger charge is 2.50. The van der Waals surface area contributed by atoms with Gasteiger partial charge in [0, 0.05) is 37.7 Å². The van der Waals surface area contributed by atoms with E-state index in [1.165, 1.54) is 0 Å². The van der Waals surface area contributed by atoms with E-state index >= 15 is 4.39 Å². The summed E-state index contributed by atoms with van der Waals surface area (Å²) in [6.45, 7) is 4.24. The van der Waals surface area contributed by atoms with Gasteiger partial charge in [0.15, 0.2) is 0 Å². The first-order chi connectivity index (χ1) is 13.9. The van der Waals surface area contributed by atoms with Gasteiger partial charge in [-0.15, -0.1) is 0 Å². The van der Waals surface area contributed by atoms with Crippen molar-refractivity contribution in [3.05, 3.63) is 11.6 Å². The van der Waals surface area contributed by atoms with Gasteiger partial charge in [-0.3, -0.25) is 16.0 Å². The quantitative estimate of drug-likeness (QED) is 0.421. The summed E-state index contributed by atoms with van der Waals surface area (Å²) in [5.41, 5.74) is 1.03. The number of likely N-dealkylation sites (N-methyl/N-ethyl adjacent to an activating group) is 1. The fraction of sp³-hybridized carbons (Fsp3) is 0.905. The van der Waals surface area contributed by atoms with Crippen molar-refractivity contribution in [3.8, 4) is 0 Å². The molecule has 3 heterocycles. The zero-order valence-electron chi connectivity index (χ0n) is 17.9. The highest BCUT2D eigenvalue weighted by molar-refractivity contribution is 5.19. The van der Waals surface area contributed by atoms with Crippen LogP contribution in [0.25, 0.3) is 0 Å². The lowest BCUT2D eigenvalue weighted by Crippen LogP contribution is -2.69. The molecule has 166 valence electrons. The minimum atomic E-state index is -1.04. The first-order valence-corrected chi connectivity index (χ1v) is 11.2. The van der Waals surface area contributed by atoms with Crippen molar-refractivity contribution >= 4 is 0 Å². The fourth-order valence-electron chi connectivity index (χ4n) is 5.70. The van der Waals surface area contributed by atoms with Crippen molar-refractivity contribution in [2.45, 2.75) is 75.5 Å². The van der Waals surface area contributed by atoms with Crippen LogP contribution >= 0.6 is 0 Å². The minimum Gasteiger partial charge on any atom is -0.391 e. The summed E-state index contributed by atoms with van der Waals surface area (Å²) in [5.74, 6) is 0.0839. The zero-order chi connectivity index (χ0) is 20.5. The number of aliphatic hydroxyl groups excluding tert-OH is 1. The van der Waals surface area contributed by atoms with Gasteiger partial charge < -0.3 is 20.1 Å². The molecule has 0 aromatic carbocycles. The Bertz CT molecular complexity index is 593. The summed E-state index contributed by atoms with van der Waals surface area (Å²) >= 11 is 0. The van der Waals surface area contributed by atoms with Crippen molar-refractivity contribution in [1.82, 2.24) is 26.2 Å². The maximum absolute atomic E-state index is 16.0. The van der Waals surface area contributed by atoms with Gasteiger partial charge in [0.25, 0.3) is 0 Å². The minimum absolute atomic E-state index is 0.0684. The van der Waals surface area contributed by atoms with Crippen LogP contribution in [0.4, 0.5) is 4.39 Å². The number of nitrogens with zero attached hydrogens (tertiary/aromatic N) is 1. The van der Waals surface area contributed by atoms with Gasteiger partial charge in [-0.2, -0.15) is 0 Å². The van der Waals surface area contributed by atoms with Crippen LogP contribution < -0.4 is 21.3 Å². The van der Waals surface area contributed by atoms with Gasteiger partial charge in [0.2, 0.25) is 0 Å². The Morgan fingerprint density at radius 2 is 2.14 bits per heavy atom. The van der Waals surface area contributed by atoms with Crippen LogP contribution in [0.2, 0.25) is 0 Å². The summed E-state index contributed by atoms with van der Waals surface area (Å²) in [4.78, 5) is 2.09. The van der Waals surface area contributed by atoms with E-state index in [2.05, 4.69) is 39.2 Å². The first kappa shape index (κ1) is 21.6. The van der Waals surface area contributed by atoms with E-state index in [1.807, 2.05) is 14.1 Å². The molecule has 4 rings (SSSR count). The number of halogens is 1. The van der Waals surface area contributed by atoms with Gasteiger partial charge in [0.05, 0.1) is 18.4 Å². The molecule has 1 aliphatic carbocycles. The average molecular weight is 412 g/mol. The lowest BCUT2D eigenvalue weighted by molar-refractivity contribution is -0.0278. The van der Waals surface area contributed by atoms with E-state index in [1.54, 1.807) is 0 Å². The van der Waals surface area contributed by atoms with E-state index in [4.69, 9.17) is 4.74 Å². The molecule has 2 saturated heterocycles. The topological polar surface area (TPSA) is 80.8 Å². The largest absolute Gasteiger partial charge is 0.391 e. The van der Waals surface area contributed by atoms with Gasteiger partial charge in [0.1, 0.15) is 12.5 Å².